The number of amides is 1. The normalized spacial score (nSPS) is 16.4. The number of nitrogens with zero attached hydrogens (tertiary/aromatic N) is 3. The molecule has 20 heavy (non-hydrogen) atoms. The Morgan fingerprint density at radius 2 is 2.15 bits per heavy atom. The van der Waals surface area contributed by atoms with Gasteiger partial charge in [-0.25, -0.2) is 13.1 Å². The number of rotatable bonds is 4. The van der Waals surface area contributed by atoms with E-state index >= 15 is 0 Å². The van der Waals surface area contributed by atoms with E-state index in [0.717, 1.165) is 4.68 Å². The molecule has 2 N–H and O–H groups in total. The van der Waals surface area contributed by atoms with Crippen LogP contribution in [0.2, 0.25) is 5.02 Å². The molecule has 0 unspecified atom stereocenters. The van der Waals surface area contributed by atoms with E-state index in [1.54, 1.807) is 4.90 Å². The highest BCUT2D eigenvalue weighted by molar-refractivity contribution is 7.89. The van der Waals surface area contributed by atoms with Crippen molar-refractivity contribution in [2.24, 2.45) is 7.05 Å². The SMILES string of the molecule is Cn1ncc(Cl)c1S(=O)(=O)NCC(=O)N1CCNCC1. The van der Waals surface area contributed by atoms with Crippen LogP contribution in [0.5, 0.6) is 0 Å². The van der Waals surface area contributed by atoms with Gasteiger partial charge in [0.25, 0.3) is 10.0 Å². The zero-order valence-electron chi connectivity index (χ0n) is 11.0. The maximum Gasteiger partial charge on any atom is 0.259 e. The number of sulfonamides is 1. The molecule has 1 aromatic heterocycles. The average Bonchev–Trinajstić information content (AvgIpc) is 2.77. The van der Waals surface area contributed by atoms with Gasteiger partial charge >= 0.3 is 0 Å². The molecule has 1 fully saturated rings. The molecule has 0 aliphatic carbocycles. The van der Waals surface area contributed by atoms with Crippen LogP contribution >= 0.6 is 11.6 Å². The molecule has 0 aromatic carbocycles. The monoisotopic (exact) mass is 321 g/mol. The lowest BCUT2D eigenvalue weighted by Crippen LogP contribution is -2.49. The molecule has 1 aliphatic rings. The molecule has 0 spiro atoms. The van der Waals surface area contributed by atoms with Crippen molar-refractivity contribution in [2.75, 3.05) is 32.7 Å². The maximum atomic E-state index is 12.1. The van der Waals surface area contributed by atoms with Crippen LogP contribution in [-0.4, -0.2) is 61.7 Å². The first-order valence-corrected chi connectivity index (χ1v) is 7.93. The van der Waals surface area contributed by atoms with Crippen LogP contribution in [0.15, 0.2) is 11.2 Å². The second-order valence-corrected chi connectivity index (χ2v) is 6.47. The lowest BCUT2D eigenvalue weighted by atomic mass is 10.3. The lowest BCUT2D eigenvalue weighted by Gasteiger charge is -2.27. The van der Waals surface area contributed by atoms with Gasteiger partial charge in [-0.15, -0.1) is 0 Å². The van der Waals surface area contributed by atoms with Gasteiger partial charge in [0.2, 0.25) is 5.91 Å². The fourth-order valence-electron chi connectivity index (χ4n) is 1.95. The summed E-state index contributed by atoms with van der Waals surface area (Å²) in [6.07, 6.45) is 1.24. The first-order valence-electron chi connectivity index (χ1n) is 6.07. The van der Waals surface area contributed by atoms with Crippen LogP contribution in [0, 0.1) is 0 Å². The molecular weight excluding hydrogens is 306 g/mol. The lowest BCUT2D eigenvalue weighted by molar-refractivity contribution is -0.130. The zero-order chi connectivity index (χ0) is 14.8. The van der Waals surface area contributed by atoms with Gasteiger partial charge in [-0.2, -0.15) is 5.10 Å². The van der Waals surface area contributed by atoms with Crippen LogP contribution in [0.25, 0.3) is 0 Å². The Kier molecular flexibility index (Phi) is 4.63. The molecule has 0 radical (unpaired) electrons. The van der Waals surface area contributed by atoms with Crippen LogP contribution < -0.4 is 10.0 Å². The van der Waals surface area contributed by atoms with Crippen molar-refractivity contribution in [2.45, 2.75) is 5.03 Å². The van der Waals surface area contributed by atoms with Crippen molar-refractivity contribution < 1.29 is 13.2 Å². The van der Waals surface area contributed by atoms with Gasteiger partial charge in [0.15, 0.2) is 5.03 Å². The number of halogens is 1. The molecule has 0 atom stereocenters. The van der Waals surface area contributed by atoms with Gasteiger partial charge in [0, 0.05) is 33.2 Å². The van der Waals surface area contributed by atoms with Gasteiger partial charge in [0.05, 0.1) is 17.8 Å². The summed E-state index contributed by atoms with van der Waals surface area (Å²) in [7, 11) is -2.39. The molecule has 8 nitrogen and oxygen atoms in total. The zero-order valence-corrected chi connectivity index (χ0v) is 12.5. The molecule has 0 saturated carbocycles. The summed E-state index contributed by atoms with van der Waals surface area (Å²) in [6, 6.07) is 0. The Morgan fingerprint density at radius 3 is 2.70 bits per heavy atom. The quantitative estimate of drug-likeness (QED) is 0.725. The van der Waals surface area contributed by atoms with E-state index in [1.807, 2.05) is 0 Å². The van der Waals surface area contributed by atoms with E-state index in [-0.39, 0.29) is 22.5 Å². The molecule has 2 heterocycles. The first kappa shape index (κ1) is 15.2. The van der Waals surface area contributed by atoms with Gasteiger partial charge in [-0.1, -0.05) is 11.6 Å². The summed E-state index contributed by atoms with van der Waals surface area (Å²) in [5.74, 6) is -0.256. The van der Waals surface area contributed by atoms with E-state index in [0.29, 0.717) is 26.2 Å². The molecule has 1 saturated heterocycles. The molecular formula is C10H16ClN5O3S. The average molecular weight is 322 g/mol. The van der Waals surface area contributed by atoms with Crippen molar-refractivity contribution in [1.29, 1.82) is 0 Å². The van der Waals surface area contributed by atoms with E-state index in [2.05, 4.69) is 15.1 Å². The molecule has 1 aliphatic heterocycles. The predicted molar refractivity (Wildman–Crippen MR) is 72.9 cm³/mol. The largest absolute Gasteiger partial charge is 0.339 e. The van der Waals surface area contributed by atoms with Crippen molar-refractivity contribution in [1.82, 2.24) is 24.7 Å². The number of carbonyl (C=O) groups is 1. The first-order chi connectivity index (χ1) is 9.42. The highest BCUT2D eigenvalue weighted by atomic mass is 35.5. The third kappa shape index (κ3) is 3.29. The molecule has 1 aromatic rings. The van der Waals surface area contributed by atoms with E-state index in [4.69, 9.17) is 11.6 Å². The number of hydrogen-bond acceptors (Lipinski definition) is 5. The number of aryl methyl sites for hydroxylation is 1. The minimum Gasteiger partial charge on any atom is -0.339 e. The highest BCUT2D eigenvalue weighted by Gasteiger charge is 2.24. The Morgan fingerprint density at radius 1 is 1.50 bits per heavy atom. The summed E-state index contributed by atoms with van der Waals surface area (Å²) in [5, 5.41) is 6.76. The molecule has 112 valence electrons. The molecule has 0 bridgehead atoms. The summed E-state index contributed by atoms with van der Waals surface area (Å²) >= 11 is 5.79. The standard InChI is InChI=1S/C10H16ClN5O3S/c1-15-10(8(11)6-13-15)20(18,19)14-7-9(17)16-4-2-12-3-5-16/h6,12,14H,2-5,7H2,1H3. The Hall–Kier alpha value is -1.16. The summed E-state index contributed by atoms with van der Waals surface area (Å²) in [5.41, 5.74) is 0. The van der Waals surface area contributed by atoms with E-state index < -0.39 is 10.0 Å². The van der Waals surface area contributed by atoms with Crippen LogP contribution in [0.4, 0.5) is 0 Å². The fourth-order valence-corrected chi connectivity index (χ4v) is 3.58. The van der Waals surface area contributed by atoms with Crippen molar-refractivity contribution >= 4 is 27.5 Å². The third-order valence-electron chi connectivity index (χ3n) is 2.98. The number of nitrogens with one attached hydrogen (secondary N) is 2. The van der Waals surface area contributed by atoms with Crippen molar-refractivity contribution in [3.63, 3.8) is 0 Å². The molecule has 10 heteroatoms. The van der Waals surface area contributed by atoms with Crippen LogP contribution in [0.1, 0.15) is 0 Å². The Bertz CT molecular complexity index is 575. The predicted octanol–water partition coefficient (Wildman–Crippen LogP) is -1.22. The topological polar surface area (TPSA) is 96.3 Å². The summed E-state index contributed by atoms with van der Waals surface area (Å²) in [6.45, 7) is 2.29. The minimum atomic E-state index is -3.86. The second kappa shape index (κ2) is 6.08. The molecule has 2 rings (SSSR count). The van der Waals surface area contributed by atoms with Gasteiger partial charge in [-0.3, -0.25) is 9.48 Å². The van der Waals surface area contributed by atoms with E-state index in [1.165, 1.54) is 13.2 Å². The summed E-state index contributed by atoms with van der Waals surface area (Å²) < 4.78 is 27.6. The van der Waals surface area contributed by atoms with Gasteiger partial charge < -0.3 is 10.2 Å². The number of carbonyl (C=O) groups excluding carboxylic acids is 1. The summed E-state index contributed by atoms with van der Waals surface area (Å²) in [4.78, 5) is 13.5. The van der Waals surface area contributed by atoms with Gasteiger partial charge in [-0.05, 0) is 0 Å². The smallest absolute Gasteiger partial charge is 0.259 e. The second-order valence-electron chi connectivity index (χ2n) is 4.38. The number of piperazine rings is 1. The molecule has 1 amide bonds. The minimum absolute atomic E-state index is 0.0228. The fraction of sp³-hybridized carbons (Fsp3) is 0.600. The number of hydrogen-bond donors (Lipinski definition) is 2. The Labute approximate surface area is 122 Å². The third-order valence-corrected chi connectivity index (χ3v) is 4.89. The highest BCUT2D eigenvalue weighted by Crippen LogP contribution is 2.19. The van der Waals surface area contributed by atoms with E-state index in [9.17, 15) is 13.2 Å². The van der Waals surface area contributed by atoms with Crippen molar-refractivity contribution in [3.8, 4) is 0 Å². The Balaban J connectivity index is 2.01. The van der Waals surface area contributed by atoms with Crippen LogP contribution in [0.3, 0.4) is 0 Å². The van der Waals surface area contributed by atoms with Gasteiger partial charge in [0.1, 0.15) is 0 Å². The van der Waals surface area contributed by atoms with Crippen LogP contribution in [-0.2, 0) is 21.9 Å². The van der Waals surface area contributed by atoms with Crippen molar-refractivity contribution in [3.05, 3.63) is 11.2 Å². The number of aromatic nitrogens is 2. The maximum absolute atomic E-state index is 12.1.